The number of benzene rings is 1. The van der Waals surface area contributed by atoms with Crippen molar-refractivity contribution < 1.29 is 0 Å². The van der Waals surface area contributed by atoms with Crippen molar-refractivity contribution in [3.63, 3.8) is 0 Å². The number of nitrogens with one attached hydrogen (secondary N) is 2. The van der Waals surface area contributed by atoms with Crippen LogP contribution in [0, 0.1) is 0 Å². The molecule has 0 spiro atoms. The van der Waals surface area contributed by atoms with Gasteiger partial charge in [0.2, 0.25) is 0 Å². The van der Waals surface area contributed by atoms with E-state index in [9.17, 15) is 0 Å². The van der Waals surface area contributed by atoms with Crippen LogP contribution in [0.2, 0.25) is 0 Å². The van der Waals surface area contributed by atoms with Gasteiger partial charge in [0.25, 0.3) is 0 Å². The highest BCUT2D eigenvalue weighted by atomic mass is 32.2. The normalized spacial score (nSPS) is 10.4. The summed E-state index contributed by atoms with van der Waals surface area (Å²) in [5.41, 5.74) is 1.35. The van der Waals surface area contributed by atoms with Crippen molar-refractivity contribution in [2.45, 2.75) is 11.4 Å². The summed E-state index contributed by atoms with van der Waals surface area (Å²) in [5, 5.41) is 6.48. The molecule has 0 aromatic heterocycles. The molecule has 78 valence electrons. The zero-order valence-corrected chi connectivity index (χ0v) is 9.66. The second-order valence-electron chi connectivity index (χ2n) is 3.13. The van der Waals surface area contributed by atoms with Crippen LogP contribution in [0.5, 0.6) is 0 Å². The van der Waals surface area contributed by atoms with Crippen LogP contribution in [-0.2, 0) is 6.54 Å². The van der Waals surface area contributed by atoms with Crippen LogP contribution in [0.25, 0.3) is 0 Å². The Kier molecular flexibility index (Phi) is 5.68. The van der Waals surface area contributed by atoms with Gasteiger partial charge in [-0.3, -0.25) is 0 Å². The Balaban J connectivity index is 2.29. The molecule has 0 aliphatic carbocycles. The number of likely N-dealkylation sites (N-methyl/N-ethyl adjacent to an activating group) is 1. The maximum absolute atomic E-state index is 3.37. The van der Waals surface area contributed by atoms with Gasteiger partial charge in [-0.2, -0.15) is 0 Å². The Morgan fingerprint density at radius 1 is 1.14 bits per heavy atom. The molecule has 0 atom stereocenters. The standard InChI is InChI=1S/C11H18N2S/c1-12-7-8-13-9-10-3-5-11(14-2)6-4-10/h3-6,12-13H,7-9H2,1-2H3. The van der Waals surface area contributed by atoms with Gasteiger partial charge < -0.3 is 10.6 Å². The molecule has 0 unspecified atom stereocenters. The van der Waals surface area contributed by atoms with Gasteiger partial charge in [0, 0.05) is 24.5 Å². The summed E-state index contributed by atoms with van der Waals surface area (Å²) in [5.74, 6) is 0. The molecule has 0 bridgehead atoms. The molecule has 1 aromatic rings. The lowest BCUT2D eigenvalue weighted by molar-refractivity contribution is 0.650. The van der Waals surface area contributed by atoms with Gasteiger partial charge in [0.1, 0.15) is 0 Å². The van der Waals surface area contributed by atoms with E-state index in [-0.39, 0.29) is 0 Å². The third kappa shape index (κ3) is 4.13. The molecule has 0 aliphatic heterocycles. The Morgan fingerprint density at radius 3 is 2.43 bits per heavy atom. The predicted molar refractivity (Wildman–Crippen MR) is 63.9 cm³/mol. The summed E-state index contributed by atoms with van der Waals surface area (Å²) in [6.07, 6.45) is 2.10. The fourth-order valence-corrected chi connectivity index (χ4v) is 1.60. The maximum Gasteiger partial charge on any atom is 0.0206 e. The van der Waals surface area contributed by atoms with Crippen molar-refractivity contribution in [1.29, 1.82) is 0 Å². The molecule has 2 nitrogen and oxygen atoms in total. The largest absolute Gasteiger partial charge is 0.318 e. The van der Waals surface area contributed by atoms with E-state index in [1.807, 2.05) is 7.05 Å². The SMILES string of the molecule is CNCCNCc1ccc(SC)cc1. The molecule has 0 saturated carbocycles. The summed E-state index contributed by atoms with van der Waals surface area (Å²) < 4.78 is 0. The van der Waals surface area contributed by atoms with Crippen molar-refractivity contribution in [3.8, 4) is 0 Å². The molecular formula is C11H18N2S. The van der Waals surface area contributed by atoms with Crippen LogP contribution >= 0.6 is 11.8 Å². The second-order valence-corrected chi connectivity index (χ2v) is 4.01. The van der Waals surface area contributed by atoms with E-state index in [1.165, 1.54) is 10.5 Å². The topological polar surface area (TPSA) is 24.1 Å². The van der Waals surface area contributed by atoms with E-state index in [1.54, 1.807) is 11.8 Å². The van der Waals surface area contributed by atoms with Crippen molar-refractivity contribution in [3.05, 3.63) is 29.8 Å². The predicted octanol–water partition coefficient (Wildman–Crippen LogP) is 1.72. The van der Waals surface area contributed by atoms with E-state index in [2.05, 4.69) is 41.2 Å². The fourth-order valence-electron chi connectivity index (χ4n) is 1.19. The van der Waals surface area contributed by atoms with E-state index in [0.29, 0.717) is 0 Å². The Hall–Kier alpha value is -0.510. The third-order valence-corrected chi connectivity index (χ3v) is 2.78. The number of rotatable bonds is 6. The Morgan fingerprint density at radius 2 is 1.86 bits per heavy atom. The molecule has 0 radical (unpaired) electrons. The highest BCUT2D eigenvalue weighted by Gasteiger charge is 1.92. The second kappa shape index (κ2) is 6.87. The van der Waals surface area contributed by atoms with Crippen LogP contribution in [0.1, 0.15) is 5.56 Å². The van der Waals surface area contributed by atoms with E-state index in [4.69, 9.17) is 0 Å². The lowest BCUT2D eigenvalue weighted by atomic mass is 10.2. The molecule has 0 fully saturated rings. The zero-order chi connectivity index (χ0) is 10.2. The summed E-state index contributed by atoms with van der Waals surface area (Å²) in [4.78, 5) is 1.32. The molecule has 2 N–H and O–H groups in total. The van der Waals surface area contributed by atoms with E-state index >= 15 is 0 Å². The Labute approximate surface area is 90.5 Å². The first-order chi connectivity index (χ1) is 6.86. The van der Waals surface area contributed by atoms with Gasteiger partial charge in [-0.1, -0.05) is 12.1 Å². The minimum absolute atomic E-state index is 0.955. The summed E-state index contributed by atoms with van der Waals surface area (Å²) in [6, 6.07) is 8.69. The molecule has 1 aromatic carbocycles. The van der Waals surface area contributed by atoms with Gasteiger partial charge in [0.15, 0.2) is 0 Å². The van der Waals surface area contributed by atoms with Crippen LogP contribution in [0.15, 0.2) is 29.2 Å². The van der Waals surface area contributed by atoms with Crippen molar-refractivity contribution in [1.82, 2.24) is 10.6 Å². The molecule has 0 amide bonds. The average molecular weight is 210 g/mol. The Bertz CT molecular complexity index is 246. The summed E-state index contributed by atoms with van der Waals surface area (Å²) in [6.45, 7) is 2.99. The van der Waals surface area contributed by atoms with Gasteiger partial charge >= 0.3 is 0 Å². The fraction of sp³-hybridized carbons (Fsp3) is 0.455. The third-order valence-electron chi connectivity index (χ3n) is 2.04. The summed E-state index contributed by atoms with van der Waals surface area (Å²) >= 11 is 1.78. The highest BCUT2D eigenvalue weighted by molar-refractivity contribution is 7.98. The number of hydrogen-bond donors (Lipinski definition) is 2. The van der Waals surface area contributed by atoms with Gasteiger partial charge in [-0.25, -0.2) is 0 Å². The van der Waals surface area contributed by atoms with Crippen molar-refractivity contribution in [2.24, 2.45) is 0 Å². The van der Waals surface area contributed by atoms with Crippen LogP contribution in [-0.4, -0.2) is 26.4 Å². The minimum atomic E-state index is 0.955. The van der Waals surface area contributed by atoms with Gasteiger partial charge in [-0.15, -0.1) is 11.8 Å². The zero-order valence-electron chi connectivity index (χ0n) is 8.84. The molecule has 0 aliphatic rings. The molecule has 3 heteroatoms. The monoisotopic (exact) mass is 210 g/mol. The maximum atomic E-state index is 3.37. The number of hydrogen-bond acceptors (Lipinski definition) is 3. The molecule has 0 saturated heterocycles. The van der Waals surface area contributed by atoms with E-state index in [0.717, 1.165) is 19.6 Å². The molecule has 0 heterocycles. The minimum Gasteiger partial charge on any atom is -0.318 e. The lowest BCUT2D eigenvalue weighted by Crippen LogP contribution is -2.24. The van der Waals surface area contributed by atoms with Crippen LogP contribution in [0.4, 0.5) is 0 Å². The first-order valence-electron chi connectivity index (χ1n) is 4.85. The molecule has 14 heavy (non-hydrogen) atoms. The molecule has 1 rings (SSSR count). The lowest BCUT2D eigenvalue weighted by Gasteiger charge is -2.04. The van der Waals surface area contributed by atoms with Crippen LogP contribution in [0.3, 0.4) is 0 Å². The van der Waals surface area contributed by atoms with Gasteiger partial charge in [0.05, 0.1) is 0 Å². The first kappa shape index (κ1) is 11.6. The number of thioether (sulfide) groups is 1. The molecular weight excluding hydrogens is 192 g/mol. The van der Waals surface area contributed by atoms with Gasteiger partial charge in [-0.05, 0) is 31.0 Å². The smallest absolute Gasteiger partial charge is 0.0206 e. The first-order valence-corrected chi connectivity index (χ1v) is 6.07. The van der Waals surface area contributed by atoms with Crippen molar-refractivity contribution >= 4 is 11.8 Å². The van der Waals surface area contributed by atoms with Crippen LogP contribution < -0.4 is 10.6 Å². The quantitative estimate of drug-likeness (QED) is 0.552. The average Bonchev–Trinajstić information content (AvgIpc) is 2.25. The van der Waals surface area contributed by atoms with E-state index < -0.39 is 0 Å². The van der Waals surface area contributed by atoms with Crippen molar-refractivity contribution in [2.75, 3.05) is 26.4 Å². The summed E-state index contributed by atoms with van der Waals surface area (Å²) in [7, 11) is 1.97. The highest BCUT2D eigenvalue weighted by Crippen LogP contribution is 2.14.